The molecule has 0 spiro atoms. The van der Waals surface area contributed by atoms with Gasteiger partial charge in [-0.15, -0.1) is 0 Å². The van der Waals surface area contributed by atoms with Crippen molar-refractivity contribution in [1.82, 2.24) is 9.13 Å². The van der Waals surface area contributed by atoms with E-state index < -0.39 is 0 Å². The number of rotatable bonds is 3. The molecule has 0 radical (unpaired) electrons. The molecule has 6 aromatic carbocycles. The molecule has 0 unspecified atom stereocenters. The molecule has 0 aliphatic rings. The fourth-order valence-corrected chi connectivity index (χ4v) is 6.04. The maximum atomic E-state index is 8.47. The van der Waals surface area contributed by atoms with E-state index in [0.29, 0.717) is 6.04 Å². The van der Waals surface area contributed by atoms with E-state index in [2.05, 4.69) is 137 Å². The van der Waals surface area contributed by atoms with Gasteiger partial charge in [0.05, 0.1) is 23.4 Å². The molecule has 0 saturated carbocycles. The number of hydrogen-bond acceptors (Lipinski definition) is 0. The third-order valence-corrected chi connectivity index (χ3v) is 7.63. The molecule has 0 saturated heterocycles. The molecular weight excluding hydrogens is 460 g/mol. The number of hydrogen-bond donors (Lipinski definition) is 0. The first-order chi connectivity index (χ1) is 19.3. The number of para-hydroxylation sites is 3. The van der Waals surface area contributed by atoms with E-state index in [4.69, 9.17) is 1.37 Å². The third kappa shape index (κ3) is 3.01. The SMILES string of the molecule is [2H]c1ccc2c(c1)c1c3c4ccccc4n(-c4cccc(-c5ccccc5)c4)c3ccc1n2-c1ccccc1. The van der Waals surface area contributed by atoms with Gasteiger partial charge in [-0.05, 0) is 59.7 Å². The lowest BCUT2D eigenvalue weighted by Gasteiger charge is -2.11. The van der Waals surface area contributed by atoms with Gasteiger partial charge < -0.3 is 9.13 Å². The third-order valence-electron chi connectivity index (χ3n) is 7.63. The molecule has 0 aliphatic carbocycles. The van der Waals surface area contributed by atoms with Gasteiger partial charge in [0, 0.05) is 32.9 Å². The smallest absolute Gasteiger partial charge is 0.0623 e. The summed E-state index contributed by atoms with van der Waals surface area (Å²) >= 11 is 0. The Balaban J connectivity index is 1.52. The lowest BCUT2D eigenvalue weighted by atomic mass is 10.0. The summed E-state index contributed by atoms with van der Waals surface area (Å²) in [5.74, 6) is 0. The predicted octanol–water partition coefficient (Wildman–Crippen LogP) is 9.55. The molecule has 0 amide bonds. The van der Waals surface area contributed by atoms with Crippen LogP contribution in [-0.2, 0) is 0 Å². The normalized spacial score (nSPS) is 12.1. The van der Waals surface area contributed by atoms with E-state index in [0.717, 1.165) is 33.3 Å². The zero-order chi connectivity index (χ0) is 25.9. The Hall–Kier alpha value is -5.08. The van der Waals surface area contributed by atoms with E-state index in [9.17, 15) is 0 Å². The zero-order valence-corrected chi connectivity index (χ0v) is 20.7. The number of fused-ring (bicyclic) bond motifs is 7. The standard InChI is InChI=1S/C36H24N2/c1-3-12-25(13-4-1)26-14-11-17-28(24-26)38-32-21-10-8-19-30(32)36-34(38)23-22-33-35(36)29-18-7-9-20-31(29)37(33)27-15-5-2-6-16-27/h1-24H/i7D. The molecule has 8 rings (SSSR count). The molecule has 0 N–H and O–H groups in total. The average Bonchev–Trinajstić information content (AvgIpc) is 3.50. The van der Waals surface area contributed by atoms with Crippen molar-refractivity contribution in [1.29, 1.82) is 0 Å². The van der Waals surface area contributed by atoms with Crippen molar-refractivity contribution >= 4 is 43.6 Å². The van der Waals surface area contributed by atoms with E-state index in [-0.39, 0.29) is 0 Å². The summed E-state index contributed by atoms with van der Waals surface area (Å²) in [5.41, 5.74) is 9.25. The lowest BCUT2D eigenvalue weighted by molar-refractivity contribution is 1.17. The maximum absolute atomic E-state index is 8.47. The maximum Gasteiger partial charge on any atom is 0.0623 e. The summed E-state index contributed by atoms with van der Waals surface area (Å²) in [6.07, 6.45) is 0. The van der Waals surface area contributed by atoms with Gasteiger partial charge in [-0.2, -0.15) is 0 Å². The molecule has 0 aliphatic heterocycles. The number of aromatic nitrogens is 2. The van der Waals surface area contributed by atoms with Gasteiger partial charge in [-0.3, -0.25) is 0 Å². The highest BCUT2D eigenvalue weighted by atomic mass is 15.0. The Morgan fingerprint density at radius 2 is 0.947 bits per heavy atom. The lowest BCUT2D eigenvalue weighted by Crippen LogP contribution is -1.95. The largest absolute Gasteiger partial charge is 0.309 e. The van der Waals surface area contributed by atoms with Crippen molar-refractivity contribution in [2.45, 2.75) is 0 Å². The molecular formula is C36H24N2. The first-order valence-electron chi connectivity index (χ1n) is 13.5. The summed E-state index contributed by atoms with van der Waals surface area (Å²) in [7, 11) is 0. The topological polar surface area (TPSA) is 9.86 Å². The van der Waals surface area contributed by atoms with Gasteiger partial charge in [-0.25, -0.2) is 0 Å². The molecule has 0 fully saturated rings. The Labute approximate surface area is 222 Å². The van der Waals surface area contributed by atoms with Gasteiger partial charge in [0.15, 0.2) is 0 Å². The van der Waals surface area contributed by atoms with Crippen LogP contribution in [0, 0.1) is 0 Å². The Morgan fingerprint density at radius 1 is 0.395 bits per heavy atom. The monoisotopic (exact) mass is 485 g/mol. The Morgan fingerprint density at radius 3 is 1.71 bits per heavy atom. The highest BCUT2D eigenvalue weighted by Gasteiger charge is 2.20. The number of benzene rings is 6. The van der Waals surface area contributed by atoms with Crippen LogP contribution in [-0.4, -0.2) is 9.13 Å². The van der Waals surface area contributed by atoms with E-state index >= 15 is 0 Å². The van der Waals surface area contributed by atoms with Crippen molar-refractivity contribution in [3.8, 4) is 22.5 Å². The first-order valence-corrected chi connectivity index (χ1v) is 13.0. The first kappa shape index (κ1) is 20.0. The van der Waals surface area contributed by atoms with Gasteiger partial charge in [0.25, 0.3) is 0 Å². The minimum Gasteiger partial charge on any atom is -0.309 e. The van der Waals surface area contributed by atoms with Crippen molar-refractivity contribution < 1.29 is 1.37 Å². The minimum absolute atomic E-state index is 0.519. The summed E-state index contributed by atoms with van der Waals surface area (Å²) < 4.78 is 13.2. The molecule has 8 aromatic rings. The quantitative estimate of drug-likeness (QED) is 0.236. The van der Waals surface area contributed by atoms with Crippen LogP contribution in [0.5, 0.6) is 0 Å². The fraction of sp³-hybridized carbons (Fsp3) is 0. The van der Waals surface area contributed by atoms with Gasteiger partial charge >= 0.3 is 0 Å². The van der Waals surface area contributed by atoms with E-state index in [1.54, 1.807) is 0 Å². The summed E-state index contributed by atoms with van der Waals surface area (Å²) in [4.78, 5) is 0. The number of nitrogens with zero attached hydrogens (tertiary/aromatic N) is 2. The van der Waals surface area contributed by atoms with E-state index in [1.165, 1.54) is 32.8 Å². The van der Waals surface area contributed by atoms with Crippen LogP contribution in [0.1, 0.15) is 1.37 Å². The Bertz CT molecular complexity index is 2170. The minimum atomic E-state index is 0.519. The second-order valence-corrected chi connectivity index (χ2v) is 9.74. The fourth-order valence-electron chi connectivity index (χ4n) is 6.04. The highest BCUT2D eigenvalue weighted by Crippen LogP contribution is 2.42. The molecule has 178 valence electrons. The second-order valence-electron chi connectivity index (χ2n) is 9.74. The molecule has 0 atom stereocenters. The molecule has 2 heterocycles. The molecule has 2 heteroatoms. The zero-order valence-electron chi connectivity index (χ0n) is 21.7. The molecule has 0 bridgehead atoms. The summed E-state index contributed by atoms with van der Waals surface area (Å²) in [6.45, 7) is 0. The van der Waals surface area contributed by atoms with Crippen LogP contribution in [0.15, 0.2) is 146 Å². The Kier molecular flexibility index (Phi) is 4.33. The van der Waals surface area contributed by atoms with Crippen LogP contribution < -0.4 is 0 Å². The van der Waals surface area contributed by atoms with Crippen molar-refractivity contribution in [3.05, 3.63) is 146 Å². The predicted molar refractivity (Wildman–Crippen MR) is 161 cm³/mol. The van der Waals surface area contributed by atoms with Crippen LogP contribution in [0.2, 0.25) is 0 Å². The average molecular weight is 486 g/mol. The van der Waals surface area contributed by atoms with Gasteiger partial charge in [-0.1, -0.05) is 97.0 Å². The van der Waals surface area contributed by atoms with Crippen molar-refractivity contribution in [2.24, 2.45) is 0 Å². The molecule has 38 heavy (non-hydrogen) atoms. The molecule has 2 aromatic heterocycles. The van der Waals surface area contributed by atoms with Gasteiger partial charge in [0.2, 0.25) is 0 Å². The van der Waals surface area contributed by atoms with Crippen molar-refractivity contribution in [3.63, 3.8) is 0 Å². The van der Waals surface area contributed by atoms with Crippen LogP contribution in [0.4, 0.5) is 0 Å². The van der Waals surface area contributed by atoms with Crippen LogP contribution in [0.3, 0.4) is 0 Å². The second kappa shape index (κ2) is 8.22. The van der Waals surface area contributed by atoms with Crippen molar-refractivity contribution in [2.75, 3.05) is 0 Å². The van der Waals surface area contributed by atoms with Crippen LogP contribution >= 0.6 is 0 Å². The summed E-state index contributed by atoms with van der Waals surface area (Å²) in [6, 6.07) is 49.5. The highest BCUT2D eigenvalue weighted by molar-refractivity contribution is 6.28. The van der Waals surface area contributed by atoms with Crippen LogP contribution in [0.25, 0.3) is 66.1 Å². The van der Waals surface area contributed by atoms with E-state index in [1.807, 2.05) is 12.1 Å². The van der Waals surface area contributed by atoms with Gasteiger partial charge in [0.1, 0.15) is 0 Å². The summed E-state index contributed by atoms with van der Waals surface area (Å²) in [5, 5.41) is 4.73. The molecule has 2 nitrogen and oxygen atoms in total.